The van der Waals surface area contributed by atoms with Crippen LogP contribution in [0.15, 0.2) is 30.7 Å². The maximum absolute atomic E-state index is 13.3. The normalized spacial score (nSPS) is 21.0. The minimum absolute atomic E-state index is 0.121. The second-order valence-electron chi connectivity index (χ2n) is 9.91. The topological polar surface area (TPSA) is 103 Å². The first-order valence-corrected chi connectivity index (χ1v) is 12.4. The van der Waals surface area contributed by atoms with Crippen LogP contribution in [0, 0.1) is 5.92 Å². The number of anilines is 1. The van der Waals surface area contributed by atoms with Gasteiger partial charge in [0.2, 0.25) is 0 Å². The van der Waals surface area contributed by atoms with Crippen LogP contribution < -0.4 is 10.6 Å². The van der Waals surface area contributed by atoms with E-state index in [2.05, 4.69) is 39.5 Å². The highest BCUT2D eigenvalue weighted by molar-refractivity contribution is 6.30. The van der Waals surface area contributed by atoms with E-state index in [0.717, 1.165) is 37.1 Å². The summed E-state index contributed by atoms with van der Waals surface area (Å²) in [5.74, 6) is 0.371. The van der Waals surface area contributed by atoms with E-state index in [4.69, 9.17) is 21.1 Å². The van der Waals surface area contributed by atoms with E-state index in [-0.39, 0.29) is 23.6 Å². The molecule has 10 heteroatoms. The summed E-state index contributed by atoms with van der Waals surface area (Å²) in [6, 6.07) is 3.92. The SMILES string of the molecule is COC(C)(C)[C@H]1CC[C@H](NC(=O)c2cnc(-c3cnc4cc(Cl)cnn34)cc2NC2COC2)CC1. The van der Waals surface area contributed by atoms with Crippen molar-refractivity contribution in [3.05, 3.63) is 41.3 Å². The number of amides is 1. The molecule has 2 fully saturated rings. The van der Waals surface area contributed by atoms with Gasteiger partial charge in [0.15, 0.2) is 5.65 Å². The zero-order valence-corrected chi connectivity index (χ0v) is 21.0. The first-order chi connectivity index (χ1) is 16.8. The molecule has 3 aromatic rings. The van der Waals surface area contributed by atoms with Crippen molar-refractivity contribution in [2.75, 3.05) is 25.6 Å². The second kappa shape index (κ2) is 9.72. The maximum Gasteiger partial charge on any atom is 0.255 e. The molecule has 3 aromatic heterocycles. The Morgan fingerprint density at radius 1 is 1.11 bits per heavy atom. The maximum atomic E-state index is 13.3. The molecular weight excluding hydrogens is 468 g/mol. The van der Waals surface area contributed by atoms with Crippen molar-refractivity contribution in [1.82, 2.24) is 24.9 Å². The molecule has 186 valence electrons. The number of imidazole rings is 1. The van der Waals surface area contributed by atoms with Crippen LogP contribution in [-0.4, -0.2) is 63.5 Å². The molecule has 5 rings (SSSR count). The number of rotatable bonds is 7. The van der Waals surface area contributed by atoms with Gasteiger partial charge in [0.05, 0.1) is 59.2 Å². The number of fused-ring (bicyclic) bond motifs is 1. The first-order valence-electron chi connectivity index (χ1n) is 12.0. The fraction of sp³-hybridized carbons (Fsp3) is 0.520. The molecule has 4 heterocycles. The molecule has 9 nitrogen and oxygen atoms in total. The van der Waals surface area contributed by atoms with Crippen LogP contribution in [0.5, 0.6) is 0 Å². The van der Waals surface area contributed by atoms with Crippen molar-refractivity contribution in [2.24, 2.45) is 5.92 Å². The van der Waals surface area contributed by atoms with Crippen LogP contribution in [0.1, 0.15) is 49.9 Å². The number of hydrogen-bond donors (Lipinski definition) is 2. The average Bonchev–Trinajstić information content (AvgIpc) is 3.24. The molecule has 0 unspecified atom stereocenters. The summed E-state index contributed by atoms with van der Waals surface area (Å²) >= 11 is 6.05. The minimum atomic E-state index is -0.144. The number of carbonyl (C=O) groups excluding carboxylic acids is 1. The van der Waals surface area contributed by atoms with Gasteiger partial charge in [-0.3, -0.25) is 9.78 Å². The summed E-state index contributed by atoms with van der Waals surface area (Å²) in [5.41, 5.74) is 3.10. The number of hydrogen-bond acceptors (Lipinski definition) is 7. The Kier molecular flexibility index (Phi) is 6.65. The molecule has 0 aromatic carbocycles. The number of carbonyl (C=O) groups is 1. The molecule has 2 aliphatic rings. The molecule has 1 aliphatic heterocycles. The number of halogens is 1. The van der Waals surface area contributed by atoms with Crippen molar-refractivity contribution in [3.63, 3.8) is 0 Å². The van der Waals surface area contributed by atoms with Gasteiger partial charge in [-0.2, -0.15) is 5.10 Å². The number of nitrogens with zero attached hydrogens (tertiary/aromatic N) is 4. The highest BCUT2D eigenvalue weighted by atomic mass is 35.5. The standard InChI is InChI=1S/C25H31ClN6O3/c1-25(2,34-3)15-4-6-17(7-5-15)31-24(33)19-11-27-21(9-20(19)30-18-13-35-14-18)22-12-28-23-8-16(26)10-29-32(22)23/h8-12,15,17-18H,4-7,13-14H2,1-3H3,(H,27,30)(H,31,33)/t15-,17-. The molecule has 0 radical (unpaired) electrons. The fourth-order valence-corrected chi connectivity index (χ4v) is 4.97. The zero-order chi connectivity index (χ0) is 24.6. The fourth-order valence-electron chi connectivity index (χ4n) is 4.83. The highest BCUT2D eigenvalue weighted by Crippen LogP contribution is 2.35. The Morgan fingerprint density at radius 3 is 2.57 bits per heavy atom. The van der Waals surface area contributed by atoms with E-state index in [0.29, 0.717) is 41.1 Å². The molecule has 1 saturated heterocycles. The van der Waals surface area contributed by atoms with Gasteiger partial charge in [-0.25, -0.2) is 9.50 Å². The van der Waals surface area contributed by atoms with Crippen molar-refractivity contribution in [1.29, 1.82) is 0 Å². The van der Waals surface area contributed by atoms with Crippen LogP contribution in [-0.2, 0) is 9.47 Å². The third-order valence-electron chi connectivity index (χ3n) is 7.31. The smallest absolute Gasteiger partial charge is 0.255 e. The van der Waals surface area contributed by atoms with E-state index in [1.807, 2.05) is 6.07 Å². The summed E-state index contributed by atoms with van der Waals surface area (Å²) < 4.78 is 12.7. The third-order valence-corrected chi connectivity index (χ3v) is 7.51. The Hall–Kier alpha value is -2.75. The van der Waals surface area contributed by atoms with Crippen LogP contribution in [0.3, 0.4) is 0 Å². The van der Waals surface area contributed by atoms with Gasteiger partial charge >= 0.3 is 0 Å². The van der Waals surface area contributed by atoms with Crippen LogP contribution in [0.25, 0.3) is 17.0 Å². The lowest BCUT2D eigenvalue weighted by atomic mass is 9.77. The molecule has 2 N–H and O–H groups in total. The molecule has 0 bridgehead atoms. The Morgan fingerprint density at radius 2 is 1.89 bits per heavy atom. The number of aromatic nitrogens is 4. The average molecular weight is 499 g/mol. The lowest BCUT2D eigenvalue weighted by Gasteiger charge is -2.38. The summed E-state index contributed by atoms with van der Waals surface area (Å²) in [7, 11) is 1.77. The van der Waals surface area contributed by atoms with Crippen LogP contribution >= 0.6 is 11.6 Å². The van der Waals surface area contributed by atoms with E-state index in [1.165, 1.54) is 0 Å². The highest BCUT2D eigenvalue weighted by Gasteiger charge is 2.34. The largest absolute Gasteiger partial charge is 0.379 e. The van der Waals surface area contributed by atoms with Gasteiger partial charge in [0, 0.05) is 25.4 Å². The Labute approximate surface area is 209 Å². The van der Waals surface area contributed by atoms with Gasteiger partial charge in [0.25, 0.3) is 5.91 Å². The lowest BCUT2D eigenvalue weighted by Crippen LogP contribution is -2.43. The zero-order valence-electron chi connectivity index (χ0n) is 20.3. The second-order valence-corrected chi connectivity index (χ2v) is 10.3. The number of ether oxygens (including phenoxy) is 2. The van der Waals surface area contributed by atoms with Gasteiger partial charge in [0.1, 0.15) is 5.69 Å². The summed E-state index contributed by atoms with van der Waals surface area (Å²) in [4.78, 5) is 22.3. The third kappa shape index (κ3) is 4.98. The van der Waals surface area contributed by atoms with Gasteiger partial charge < -0.3 is 20.1 Å². The molecule has 1 aliphatic carbocycles. The number of methoxy groups -OCH3 is 1. The summed E-state index contributed by atoms with van der Waals surface area (Å²) in [6.07, 6.45) is 8.82. The lowest BCUT2D eigenvalue weighted by molar-refractivity contribution is -0.0421. The molecule has 0 spiro atoms. The summed E-state index contributed by atoms with van der Waals surface area (Å²) in [6.45, 7) is 5.49. The van der Waals surface area contributed by atoms with Gasteiger partial charge in [-0.05, 0) is 51.5 Å². The molecular formula is C25H31ClN6O3. The van der Waals surface area contributed by atoms with Crippen molar-refractivity contribution < 1.29 is 14.3 Å². The van der Waals surface area contributed by atoms with Gasteiger partial charge in [-0.15, -0.1) is 0 Å². The van der Waals surface area contributed by atoms with Gasteiger partial charge in [-0.1, -0.05) is 11.6 Å². The van der Waals surface area contributed by atoms with Crippen molar-refractivity contribution in [3.8, 4) is 11.4 Å². The van der Waals surface area contributed by atoms with E-state index >= 15 is 0 Å². The molecule has 1 amide bonds. The van der Waals surface area contributed by atoms with Crippen molar-refractivity contribution in [2.45, 2.75) is 57.2 Å². The van der Waals surface area contributed by atoms with Crippen LogP contribution in [0.4, 0.5) is 5.69 Å². The predicted molar refractivity (Wildman–Crippen MR) is 134 cm³/mol. The monoisotopic (exact) mass is 498 g/mol. The van der Waals surface area contributed by atoms with E-state index < -0.39 is 0 Å². The molecule has 35 heavy (non-hydrogen) atoms. The first kappa shape index (κ1) is 24.0. The quantitative estimate of drug-likeness (QED) is 0.508. The minimum Gasteiger partial charge on any atom is -0.379 e. The predicted octanol–water partition coefficient (Wildman–Crippen LogP) is 3.97. The van der Waals surface area contributed by atoms with Crippen molar-refractivity contribution >= 4 is 28.8 Å². The molecule has 1 saturated carbocycles. The van der Waals surface area contributed by atoms with Crippen LogP contribution in [0.2, 0.25) is 5.02 Å². The Balaban J connectivity index is 1.36. The Bertz CT molecular complexity index is 1220. The van der Waals surface area contributed by atoms with E-state index in [9.17, 15) is 4.79 Å². The number of pyridine rings is 1. The molecule has 0 atom stereocenters. The number of nitrogens with one attached hydrogen (secondary N) is 2. The summed E-state index contributed by atoms with van der Waals surface area (Å²) in [5, 5.41) is 11.5. The van der Waals surface area contributed by atoms with E-state index in [1.54, 1.807) is 36.3 Å².